The molecule has 2 aromatic rings. The highest BCUT2D eigenvalue weighted by Gasteiger charge is 2.21. The van der Waals surface area contributed by atoms with Gasteiger partial charge in [-0.25, -0.2) is 4.79 Å². The minimum atomic E-state index is -0.279. The van der Waals surface area contributed by atoms with Crippen molar-refractivity contribution in [2.45, 2.75) is 19.9 Å². The molecular formula is C20H26ClN3O2. The van der Waals surface area contributed by atoms with Gasteiger partial charge in [-0.15, -0.1) is 0 Å². The molecule has 0 spiro atoms. The molecule has 0 saturated carbocycles. The number of likely N-dealkylation sites (N-methyl/N-ethyl adjacent to an activating group) is 1. The van der Waals surface area contributed by atoms with Crippen molar-refractivity contribution < 1.29 is 9.53 Å². The monoisotopic (exact) mass is 375 g/mol. The van der Waals surface area contributed by atoms with Crippen LogP contribution in [0.3, 0.4) is 0 Å². The Morgan fingerprint density at radius 2 is 1.77 bits per heavy atom. The molecule has 0 aromatic heterocycles. The molecule has 0 radical (unpaired) electrons. The number of ether oxygens (including phenoxy) is 1. The Labute approximate surface area is 160 Å². The number of rotatable bonds is 8. The minimum absolute atomic E-state index is 0.00196. The number of halogens is 1. The van der Waals surface area contributed by atoms with Gasteiger partial charge in [0, 0.05) is 11.6 Å². The zero-order chi connectivity index (χ0) is 18.9. The summed E-state index contributed by atoms with van der Waals surface area (Å²) < 4.78 is 5.26. The lowest BCUT2D eigenvalue weighted by molar-refractivity contribution is 0.210. The lowest BCUT2D eigenvalue weighted by atomic mass is 10.0. The van der Waals surface area contributed by atoms with Crippen molar-refractivity contribution >= 4 is 23.3 Å². The van der Waals surface area contributed by atoms with Crippen LogP contribution in [0.2, 0.25) is 5.02 Å². The first kappa shape index (κ1) is 20.1. The molecule has 5 nitrogen and oxygen atoms in total. The summed E-state index contributed by atoms with van der Waals surface area (Å²) in [5.41, 5.74) is 1.64. The Kier molecular flexibility index (Phi) is 7.75. The van der Waals surface area contributed by atoms with Crippen molar-refractivity contribution in [1.29, 1.82) is 0 Å². The van der Waals surface area contributed by atoms with Crippen molar-refractivity contribution in [3.05, 3.63) is 59.1 Å². The molecule has 0 heterocycles. The molecule has 2 amide bonds. The molecule has 1 unspecified atom stereocenters. The van der Waals surface area contributed by atoms with Crippen LogP contribution < -0.4 is 15.4 Å². The third-order valence-corrected chi connectivity index (χ3v) is 4.67. The summed E-state index contributed by atoms with van der Waals surface area (Å²) in [7, 11) is 1.58. The SMILES string of the molecule is CCN(CC)C(CNC(=O)Nc1ccccc1OC)c1ccccc1Cl. The molecule has 6 heteroatoms. The number of carbonyl (C=O) groups excluding carboxylic acids is 1. The number of urea groups is 1. The first-order chi connectivity index (χ1) is 12.6. The summed E-state index contributed by atoms with van der Waals surface area (Å²) in [5.74, 6) is 0.619. The van der Waals surface area contributed by atoms with Crippen LogP contribution in [-0.2, 0) is 0 Å². The lowest BCUT2D eigenvalue weighted by Crippen LogP contribution is -2.39. The maximum atomic E-state index is 12.4. The highest BCUT2D eigenvalue weighted by molar-refractivity contribution is 6.31. The average Bonchev–Trinajstić information content (AvgIpc) is 2.66. The molecule has 1 atom stereocenters. The normalized spacial score (nSPS) is 11.9. The van der Waals surface area contributed by atoms with Crippen LogP contribution in [0, 0.1) is 0 Å². The van der Waals surface area contributed by atoms with E-state index < -0.39 is 0 Å². The van der Waals surface area contributed by atoms with Crippen LogP contribution in [0.15, 0.2) is 48.5 Å². The fourth-order valence-corrected chi connectivity index (χ4v) is 3.21. The first-order valence-corrected chi connectivity index (χ1v) is 9.14. The predicted molar refractivity (Wildman–Crippen MR) is 107 cm³/mol. The van der Waals surface area contributed by atoms with Gasteiger partial charge < -0.3 is 15.4 Å². The number of para-hydroxylation sites is 2. The number of carbonyl (C=O) groups is 1. The van der Waals surface area contributed by atoms with E-state index in [-0.39, 0.29) is 12.1 Å². The summed E-state index contributed by atoms with van der Waals surface area (Å²) in [5, 5.41) is 6.49. The second-order valence-electron chi connectivity index (χ2n) is 5.79. The number of amides is 2. The van der Waals surface area contributed by atoms with Crippen molar-refractivity contribution in [2.24, 2.45) is 0 Å². The molecule has 2 aromatic carbocycles. The van der Waals surface area contributed by atoms with Gasteiger partial charge in [0.2, 0.25) is 0 Å². The number of hydrogen-bond acceptors (Lipinski definition) is 3. The second-order valence-corrected chi connectivity index (χ2v) is 6.20. The lowest BCUT2D eigenvalue weighted by Gasteiger charge is -2.31. The van der Waals surface area contributed by atoms with E-state index in [1.54, 1.807) is 19.2 Å². The van der Waals surface area contributed by atoms with Gasteiger partial charge in [-0.1, -0.05) is 55.8 Å². The van der Waals surface area contributed by atoms with E-state index in [2.05, 4.69) is 29.4 Å². The largest absolute Gasteiger partial charge is 0.495 e. The van der Waals surface area contributed by atoms with Crippen molar-refractivity contribution in [3.63, 3.8) is 0 Å². The van der Waals surface area contributed by atoms with Crippen molar-refractivity contribution in [1.82, 2.24) is 10.2 Å². The molecule has 0 aliphatic heterocycles. The highest BCUT2D eigenvalue weighted by Crippen LogP contribution is 2.27. The van der Waals surface area contributed by atoms with Crippen LogP contribution in [0.25, 0.3) is 0 Å². The fraction of sp³-hybridized carbons (Fsp3) is 0.350. The number of hydrogen-bond donors (Lipinski definition) is 2. The Bertz CT molecular complexity index is 720. The second kappa shape index (κ2) is 10.0. The Balaban J connectivity index is 2.09. The Hall–Kier alpha value is -2.24. The number of nitrogens with one attached hydrogen (secondary N) is 2. The molecule has 2 rings (SSSR count). The van der Waals surface area contributed by atoms with Gasteiger partial charge in [0.25, 0.3) is 0 Å². The van der Waals surface area contributed by atoms with Gasteiger partial charge in [0.1, 0.15) is 5.75 Å². The smallest absolute Gasteiger partial charge is 0.319 e. The summed E-state index contributed by atoms with van der Waals surface area (Å²) >= 11 is 6.39. The Morgan fingerprint density at radius 3 is 2.42 bits per heavy atom. The van der Waals surface area contributed by atoms with E-state index in [9.17, 15) is 4.79 Å². The van der Waals surface area contributed by atoms with Gasteiger partial charge in [0.15, 0.2) is 0 Å². The Morgan fingerprint density at radius 1 is 1.12 bits per heavy atom. The van der Waals surface area contributed by atoms with Gasteiger partial charge in [0.05, 0.1) is 18.8 Å². The van der Waals surface area contributed by atoms with Crippen LogP contribution in [0.5, 0.6) is 5.75 Å². The first-order valence-electron chi connectivity index (χ1n) is 8.77. The number of anilines is 1. The maximum absolute atomic E-state index is 12.4. The van der Waals surface area contributed by atoms with Crippen LogP contribution in [0.4, 0.5) is 10.5 Å². The van der Waals surface area contributed by atoms with Crippen molar-refractivity contribution in [2.75, 3.05) is 32.1 Å². The molecule has 0 fully saturated rings. The topological polar surface area (TPSA) is 53.6 Å². The zero-order valence-electron chi connectivity index (χ0n) is 15.5. The molecule has 26 heavy (non-hydrogen) atoms. The van der Waals surface area contributed by atoms with Crippen LogP contribution in [0.1, 0.15) is 25.5 Å². The molecular weight excluding hydrogens is 350 g/mol. The fourth-order valence-electron chi connectivity index (χ4n) is 2.95. The average molecular weight is 376 g/mol. The van der Waals surface area contributed by atoms with Crippen LogP contribution >= 0.6 is 11.6 Å². The van der Waals surface area contributed by atoms with Gasteiger partial charge >= 0.3 is 6.03 Å². The molecule has 0 aliphatic rings. The van der Waals surface area contributed by atoms with E-state index in [0.29, 0.717) is 23.0 Å². The third kappa shape index (κ3) is 5.13. The number of methoxy groups -OCH3 is 1. The van der Waals surface area contributed by atoms with E-state index >= 15 is 0 Å². The molecule has 0 bridgehead atoms. The highest BCUT2D eigenvalue weighted by atomic mass is 35.5. The van der Waals surface area contributed by atoms with Crippen LogP contribution in [-0.4, -0.2) is 37.7 Å². The third-order valence-electron chi connectivity index (χ3n) is 4.33. The van der Waals surface area contributed by atoms with Gasteiger partial charge in [-0.05, 0) is 36.9 Å². The molecule has 0 saturated heterocycles. The standard InChI is InChI=1S/C20H26ClN3O2/c1-4-24(5-2)18(15-10-6-7-11-16(15)21)14-22-20(25)23-17-12-8-9-13-19(17)26-3/h6-13,18H,4-5,14H2,1-3H3,(H2,22,23,25). The number of nitrogens with zero attached hydrogens (tertiary/aromatic N) is 1. The molecule has 140 valence electrons. The maximum Gasteiger partial charge on any atom is 0.319 e. The predicted octanol–water partition coefficient (Wildman–Crippen LogP) is 4.55. The number of benzene rings is 2. The summed E-state index contributed by atoms with van der Waals surface area (Å²) in [6.07, 6.45) is 0. The van der Waals surface area contributed by atoms with E-state index in [1.165, 1.54) is 0 Å². The summed E-state index contributed by atoms with van der Waals surface area (Å²) in [4.78, 5) is 14.6. The van der Waals surface area contributed by atoms with E-state index in [0.717, 1.165) is 18.7 Å². The van der Waals surface area contributed by atoms with E-state index in [1.807, 2.05) is 36.4 Å². The van der Waals surface area contributed by atoms with Gasteiger partial charge in [-0.2, -0.15) is 0 Å². The van der Waals surface area contributed by atoms with Crippen molar-refractivity contribution in [3.8, 4) is 5.75 Å². The minimum Gasteiger partial charge on any atom is -0.495 e. The molecule has 0 aliphatic carbocycles. The summed E-state index contributed by atoms with van der Waals surface area (Å²) in [6, 6.07) is 14.8. The quantitative estimate of drug-likeness (QED) is 0.711. The van der Waals surface area contributed by atoms with E-state index in [4.69, 9.17) is 16.3 Å². The zero-order valence-corrected chi connectivity index (χ0v) is 16.2. The molecule has 2 N–H and O–H groups in total. The summed E-state index contributed by atoms with van der Waals surface area (Å²) in [6.45, 7) is 6.38. The van der Waals surface area contributed by atoms with Gasteiger partial charge in [-0.3, -0.25) is 4.90 Å².